The molecule has 0 aliphatic carbocycles. The van der Waals surface area contributed by atoms with Crippen molar-refractivity contribution in [2.24, 2.45) is 5.73 Å². The molecule has 6 heteroatoms. The van der Waals surface area contributed by atoms with Crippen LogP contribution in [0.1, 0.15) is 31.9 Å². The molecule has 0 saturated carbocycles. The summed E-state index contributed by atoms with van der Waals surface area (Å²) in [6, 6.07) is 3.35. The highest BCUT2D eigenvalue weighted by molar-refractivity contribution is 5.54. The number of alkyl halides is 3. The van der Waals surface area contributed by atoms with E-state index < -0.39 is 18.6 Å². The van der Waals surface area contributed by atoms with Crippen molar-refractivity contribution < 1.29 is 18.3 Å². The lowest BCUT2D eigenvalue weighted by Gasteiger charge is -2.23. The van der Waals surface area contributed by atoms with Crippen LogP contribution in [0.4, 0.5) is 18.9 Å². The summed E-state index contributed by atoms with van der Waals surface area (Å²) in [6.07, 6.45) is -5.49. The van der Waals surface area contributed by atoms with Gasteiger partial charge in [0.05, 0.1) is 6.42 Å². The van der Waals surface area contributed by atoms with E-state index in [2.05, 4.69) is 0 Å². The molecule has 1 atom stereocenters. The lowest BCUT2D eigenvalue weighted by Crippen LogP contribution is -2.22. The lowest BCUT2D eigenvalue weighted by molar-refractivity contribution is -0.138. The number of nitrogens with two attached hydrogens (primary N) is 1. The minimum atomic E-state index is -4.34. The largest absolute Gasteiger partial charge is 0.508 e. The number of aromatic hydroxyl groups is 1. The maximum Gasteiger partial charge on any atom is 0.390 e. The fourth-order valence-electron chi connectivity index (χ4n) is 1.99. The van der Waals surface area contributed by atoms with E-state index in [1.807, 2.05) is 18.7 Å². The SMILES string of the molecule is CCN(CC)c1ccc([C@@H](N)CC(F)(F)F)c(O)c1. The Kier molecular flexibility index (Phi) is 5.05. The highest BCUT2D eigenvalue weighted by Gasteiger charge is 2.31. The molecule has 0 radical (unpaired) electrons. The van der Waals surface area contributed by atoms with Crippen LogP contribution in [-0.4, -0.2) is 24.4 Å². The van der Waals surface area contributed by atoms with Gasteiger partial charge >= 0.3 is 6.18 Å². The molecule has 3 N–H and O–H groups in total. The normalized spacial score (nSPS) is 13.4. The minimum Gasteiger partial charge on any atom is -0.508 e. The van der Waals surface area contributed by atoms with Crippen LogP contribution in [-0.2, 0) is 0 Å². The van der Waals surface area contributed by atoms with Gasteiger partial charge in [0.25, 0.3) is 0 Å². The number of hydrogen-bond donors (Lipinski definition) is 2. The molecule has 3 nitrogen and oxygen atoms in total. The summed E-state index contributed by atoms with van der Waals surface area (Å²) in [5.74, 6) is -0.193. The third kappa shape index (κ3) is 4.31. The van der Waals surface area contributed by atoms with Gasteiger partial charge in [0.1, 0.15) is 5.75 Å². The number of rotatable bonds is 5. The average Bonchev–Trinajstić information content (AvgIpc) is 2.28. The van der Waals surface area contributed by atoms with Gasteiger partial charge in [-0.2, -0.15) is 13.2 Å². The van der Waals surface area contributed by atoms with Crippen molar-refractivity contribution in [1.82, 2.24) is 0 Å². The first-order valence-corrected chi connectivity index (χ1v) is 6.18. The van der Waals surface area contributed by atoms with Gasteiger partial charge in [-0.25, -0.2) is 0 Å². The molecule has 108 valence electrons. The molecule has 0 saturated heterocycles. The van der Waals surface area contributed by atoms with E-state index in [0.29, 0.717) is 0 Å². The van der Waals surface area contributed by atoms with Crippen LogP contribution in [0.25, 0.3) is 0 Å². The number of phenols is 1. The second kappa shape index (κ2) is 6.14. The maximum atomic E-state index is 12.3. The van der Waals surface area contributed by atoms with Gasteiger partial charge in [-0.1, -0.05) is 6.07 Å². The molecule has 0 fully saturated rings. The fraction of sp³-hybridized carbons (Fsp3) is 0.538. The smallest absolute Gasteiger partial charge is 0.390 e. The molecule has 0 aliphatic rings. The number of benzene rings is 1. The first kappa shape index (κ1) is 15.6. The molecular weight excluding hydrogens is 257 g/mol. The minimum absolute atomic E-state index is 0.119. The second-order valence-corrected chi connectivity index (χ2v) is 4.34. The van der Waals surface area contributed by atoms with Gasteiger partial charge in [0, 0.05) is 36.4 Å². The average molecular weight is 276 g/mol. The van der Waals surface area contributed by atoms with E-state index in [-0.39, 0.29) is 11.3 Å². The lowest BCUT2D eigenvalue weighted by atomic mass is 10.0. The molecule has 1 rings (SSSR count). The number of anilines is 1. The van der Waals surface area contributed by atoms with Crippen LogP contribution in [0.5, 0.6) is 5.75 Å². The zero-order valence-corrected chi connectivity index (χ0v) is 11.0. The number of phenolic OH excluding ortho intramolecular Hbond substituents is 1. The maximum absolute atomic E-state index is 12.3. The van der Waals surface area contributed by atoms with Crippen LogP contribution in [0.2, 0.25) is 0 Å². The summed E-state index contributed by atoms with van der Waals surface area (Å²) in [7, 11) is 0. The molecule has 0 aliphatic heterocycles. The highest BCUT2D eigenvalue weighted by Crippen LogP contribution is 2.34. The van der Waals surface area contributed by atoms with Crippen molar-refractivity contribution in [3.05, 3.63) is 23.8 Å². The van der Waals surface area contributed by atoms with Crippen LogP contribution in [0, 0.1) is 0 Å². The zero-order chi connectivity index (χ0) is 14.6. The Morgan fingerprint density at radius 2 is 1.84 bits per heavy atom. The summed E-state index contributed by atoms with van der Waals surface area (Å²) in [5.41, 5.74) is 6.37. The summed E-state index contributed by atoms with van der Waals surface area (Å²) < 4.78 is 36.8. The van der Waals surface area contributed by atoms with Crippen molar-refractivity contribution in [1.29, 1.82) is 0 Å². The predicted octanol–water partition coefficient (Wildman–Crippen LogP) is 3.19. The Balaban J connectivity index is 2.94. The Labute approximate surface area is 110 Å². The van der Waals surface area contributed by atoms with Crippen molar-refractivity contribution >= 4 is 5.69 Å². The quantitative estimate of drug-likeness (QED) is 0.868. The number of halogens is 3. The van der Waals surface area contributed by atoms with Crippen LogP contribution in [0.15, 0.2) is 18.2 Å². The van der Waals surface area contributed by atoms with Crippen LogP contribution < -0.4 is 10.6 Å². The summed E-state index contributed by atoms with van der Waals surface area (Å²) >= 11 is 0. The molecule has 0 heterocycles. The van der Waals surface area contributed by atoms with Crippen molar-refractivity contribution in [3.63, 3.8) is 0 Å². The second-order valence-electron chi connectivity index (χ2n) is 4.34. The third-order valence-electron chi connectivity index (χ3n) is 2.99. The summed E-state index contributed by atoms with van der Waals surface area (Å²) in [4.78, 5) is 1.98. The van der Waals surface area contributed by atoms with Gasteiger partial charge < -0.3 is 15.7 Å². The van der Waals surface area contributed by atoms with E-state index in [4.69, 9.17) is 5.73 Å². The topological polar surface area (TPSA) is 49.5 Å². The van der Waals surface area contributed by atoms with Gasteiger partial charge in [-0.15, -0.1) is 0 Å². The first-order valence-electron chi connectivity index (χ1n) is 6.18. The van der Waals surface area contributed by atoms with Crippen molar-refractivity contribution in [3.8, 4) is 5.75 Å². The summed E-state index contributed by atoms with van der Waals surface area (Å²) in [5, 5.41) is 9.82. The molecule has 1 aromatic carbocycles. The molecule has 19 heavy (non-hydrogen) atoms. The van der Waals surface area contributed by atoms with E-state index in [1.54, 1.807) is 6.07 Å². The Hall–Kier alpha value is -1.43. The molecule has 0 spiro atoms. The third-order valence-corrected chi connectivity index (χ3v) is 2.99. The molecular formula is C13H19F3N2O. The van der Waals surface area contributed by atoms with Gasteiger partial charge in [0.2, 0.25) is 0 Å². The van der Waals surface area contributed by atoms with Gasteiger partial charge in [-0.05, 0) is 19.9 Å². The van der Waals surface area contributed by atoms with Crippen LogP contribution >= 0.6 is 0 Å². The molecule has 0 bridgehead atoms. The van der Waals surface area contributed by atoms with Crippen molar-refractivity contribution in [2.45, 2.75) is 32.5 Å². The van der Waals surface area contributed by atoms with Crippen molar-refractivity contribution in [2.75, 3.05) is 18.0 Å². The molecule has 0 unspecified atom stereocenters. The molecule has 1 aromatic rings. The highest BCUT2D eigenvalue weighted by atomic mass is 19.4. The molecule has 0 amide bonds. The monoisotopic (exact) mass is 276 g/mol. The zero-order valence-electron chi connectivity index (χ0n) is 11.0. The first-order chi connectivity index (χ1) is 8.78. The number of nitrogens with zero attached hydrogens (tertiary/aromatic N) is 1. The number of hydrogen-bond acceptors (Lipinski definition) is 3. The van der Waals surface area contributed by atoms with E-state index in [1.165, 1.54) is 12.1 Å². The Bertz CT molecular complexity index is 417. The standard InChI is InChI=1S/C13H19F3N2O/c1-3-18(4-2)9-5-6-10(12(19)7-9)11(17)8-13(14,15)16/h5-7,11,19H,3-4,8,17H2,1-2H3/t11-/m0/s1. The fourth-order valence-corrected chi connectivity index (χ4v) is 1.99. The molecule has 0 aromatic heterocycles. The predicted molar refractivity (Wildman–Crippen MR) is 69.3 cm³/mol. The van der Waals surface area contributed by atoms with Gasteiger partial charge in [-0.3, -0.25) is 0 Å². The van der Waals surface area contributed by atoms with Crippen LogP contribution in [0.3, 0.4) is 0 Å². The summed E-state index contributed by atoms with van der Waals surface area (Å²) in [6.45, 7) is 5.43. The Morgan fingerprint density at radius 1 is 1.26 bits per heavy atom. The van der Waals surface area contributed by atoms with E-state index in [0.717, 1.165) is 18.8 Å². The Morgan fingerprint density at radius 3 is 2.26 bits per heavy atom. The van der Waals surface area contributed by atoms with E-state index >= 15 is 0 Å². The van der Waals surface area contributed by atoms with Gasteiger partial charge in [0.15, 0.2) is 0 Å². The van der Waals surface area contributed by atoms with E-state index in [9.17, 15) is 18.3 Å².